The lowest BCUT2D eigenvalue weighted by atomic mass is 10.0. The van der Waals surface area contributed by atoms with E-state index in [0.29, 0.717) is 18.9 Å². The third-order valence-corrected chi connectivity index (χ3v) is 3.26. The number of nitrogens with one attached hydrogen (secondary N) is 2. The molecule has 1 saturated heterocycles. The van der Waals surface area contributed by atoms with Crippen LogP contribution in [-0.2, 0) is 9.53 Å². The Morgan fingerprint density at radius 1 is 1.42 bits per heavy atom. The summed E-state index contributed by atoms with van der Waals surface area (Å²) in [6.07, 6.45) is 1.66. The monoisotopic (exact) mass is 264 g/mol. The van der Waals surface area contributed by atoms with Gasteiger partial charge in [-0.3, -0.25) is 4.79 Å². The summed E-state index contributed by atoms with van der Waals surface area (Å²) in [6.45, 7) is 1.03. The number of anilines is 2. The third-order valence-electron chi connectivity index (χ3n) is 3.26. The molecule has 1 fully saturated rings. The van der Waals surface area contributed by atoms with Crippen molar-refractivity contribution in [2.24, 2.45) is 5.92 Å². The first-order valence-electron chi connectivity index (χ1n) is 6.31. The summed E-state index contributed by atoms with van der Waals surface area (Å²) in [5.74, 6) is 0.671. The molecule has 1 amide bonds. The summed E-state index contributed by atoms with van der Waals surface area (Å²) in [7, 11) is 5.69. The van der Waals surface area contributed by atoms with Crippen molar-refractivity contribution in [3.63, 3.8) is 0 Å². The van der Waals surface area contributed by atoms with Crippen LogP contribution < -0.4 is 15.5 Å². The maximum Gasteiger partial charge on any atom is 0.231 e. The zero-order valence-electron chi connectivity index (χ0n) is 11.5. The van der Waals surface area contributed by atoms with E-state index in [1.54, 1.807) is 6.20 Å². The zero-order valence-corrected chi connectivity index (χ0v) is 11.5. The van der Waals surface area contributed by atoms with Gasteiger partial charge in [-0.05, 0) is 19.2 Å². The van der Waals surface area contributed by atoms with E-state index in [2.05, 4.69) is 15.6 Å². The van der Waals surface area contributed by atoms with Gasteiger partial charge >= 0.3 is 0 Å². The largest absolute Gasteiger partial charge is 0.379 e. The molecule has 0 radical (unpaired) electrons. The molecule has 6 nitrogen and oxygen atoms in total. The van der Waals surface area contributed by atoms with Crippen LogP contribution >= 0.6 is 0 Å². The van der Waals surface area contributed by atoms with Crippen molar-refractivity contribution in [2.75, 3.05) is 44.6 Å². The van der Waals surface area contributed by atoms with E-state index in [1.807, 2.05) is 38.2 Å². The molecule has 1 aliphatic rings. The van der Waals surface area contributed by atoms with Gasteiger partial charge in [-0.1, -0.05) is 0 Å². The molecule has 2 heterocycles. The first kappa shape index (κ1) is 13.8. The lowest BCUT2D eigenvalue weighted by Crippen LogP contribution is -2.39. The number of amides is 1. The highest BCUT2D eigenvalue weighted by Crippen LogP contribution is 2.17. The molecule has 1 aromatic rings. The van der Waals surface area contributed by atoms with Gasteiger partial charge < -0.3 is 20.3 Å². The lowest BCUT2D eigenvalue weighted by Gasteiger charge is -2.17. The topological polar surface area (TPSA) is 66.5 Å². The Morgan fingerprint density at radius 3 is 2.79 bits per heavy atom. The molecule has 0 aliphatic carbocycles. The SMILES string of the molecule is CNC1COCC1C(=O)Nc1ccc(N(C)C)nc1. The minimum Gasteiger partial charge on any atom is -0.379 e. The van der Waals surface area contributed by atoms with Crippen LogP contribution in [0, 0.1) is 5.92 Å². The van der Waals surface area contributed by atoms with Gasteiger partial charge in [0.15, 0.2) is 0 Å². The molecule has 0 aromatic carbocycles. The van der Waals surface area contributed by atoms with E-state index in [0.717, 1.165) is 5.82 Å². The number of pyridine rings is 1. The van der Waals surface area contributed by atoms with Crippen LogP contribution in [0.3, 0.4) is 0 Å². The molecule has 6 heteroatoms. The quantitative estimate of drug-likeness (QED) is 0.820. The standard InChI is InChI=1S/C13H20N4O2/c1-14-11-8-19-7-10(11)13(18)16-9-4-5-12(15-6-9)17(2)3/h4-6,10-11,14H,7-8H2,1-3H3,(H,16,18). The number of rotatable bonds is 4. The molecule has 2 atom stereocenters. The molecule has 2 N–H and O–H groups in total. The van der Waals surface area contributed by atoms with Gasteiger partial charge in [-0.15, -0.1) is 0 Å². The number of hydrogen-bond donors (Lipinski definition) is 2. The summed E-state index contributed by atoms with van der Waals surface area (Å²) in [4.78, 5) is 18.3. The summed E-state index contributed by atoms with van der Waals surface area (Å²) in [5, 5.41) is 5.97. The molecule has 19 heavy (non-hydrogen) atoms. The minimum absolute atomic E-state index is 0.0312. The van der Waals surface area contributed by atoms with Crippen LogP contribution in [0.4, 0.5) is 11.5 Å². The summed E-state index contributed by atoms with van der Waals surface area (Å²) in [6, 6.07) is 3.80. The number of likely N-dealkylation sites (N-methyl/N-ethyl adjacent to an activating group) is 1. The fraction of sp³-hybridized carbons (Fsp3) is 0.538. The minimum atomic E-state index is -0.154. The maximum absolute atomic E-state index is 12.1. The molecular weight excluding hydrogens is 244 g/mol. The first-order chi connectivity index (χ1) is 9.11. The smallest absolute Gasteiger partial charge is 0.231 e. The number of ether oxygens (including phenoxy) is 1. The second-order valence-corrected chi connectivity index (χ2v) is 4.83. The highest BCUT2D eigenvalue weighted by Gasteiger charge is 2.32. The second kappa shape index (κ2) is 5.99. The molecule has 1 aliphatic heterocycles. The van der Waals surface area contributed by atoms with Gasteiger partial charge in [0.2, 0.25) is 5.91 Å². The molecule has 0 saturated carbocycles. The molecular formula is C13H20N4O2. The van der Waals surface area contributed by atoms with Crippen molar-refractivity contribution in [1.82, 2.24) is 10.3 Å². The van der Waals surface area contributed by atoms with Crippen molar-refractivity contribution < 1.29 is 9.53 Å². The van der Waals surface area contributed by atoms with E-state index in [-0.39, 0.29) is 17.9 Å². The van der Waals surface area contributed by atoms with Crippen LogP contribution in [-0.4, -0.2) is 51.3 Å². The fourth-order valence-electron chi connectivity index (χ4n) is 2.06. The average Bonchev–Trinajstić information content (AvgIpc) is 2.87. The average molecular weight is 264 g/mol. The van der Waals surface area contributed by atoms with Crippen LogP contribution in [0.5, 0.6) is 0 Å². The van der Waals surface area contributed by atoms with Gasteiger partial charge in [0.05, 0.1) is 31.0 Å². The van der Waals surface area contributed by atoms with E-state index in [1.165, 1.54) is 0 Å². The summed E-state index contributed by atoms with van der Waals surface area (Å²) in [5.41, 5.74) is 0.706. The summed E-state index contributed by atoms with van der Waals surface area (Å²) >= 11 is 0. The number of hydrogen-bond acceptors (Lipinski definition) is 5. The molecule has 0 spiro atoms. The fourth-order valence-corrected chi connectivity index (χ4v) is 2.06. The number of aromatic nitrogens is 1. The van der Waals surface area contributed by atoms with E-state index >= 15 is 0 Å². The predicted molar refractivity (Wildman–Crippen MR) is 74.4 cm³/mol. The van der Waals surface area contributed by atoms with Gasteiger partial charge in [-0.25, -0.2) is 4.98 Å². The molecule has 2 rings (SSSR count). The van der Waals surface area contributed by atoms with Crippen LogP contribution in [0.15, 0.2) is 18.3 Å². The van der Waals surface area contributed by atoms with Crippen molar-refractivity contribution in [3.05, 3.63) is 18.3 Å². The molecule has 2 unspecified atom stereocenters. The van der Waals surface area contributed by atoms with Crippen molar-refractivity contribution in [3.8, 4) is 0 Å². The third kappa shape index (κ3) is 3.21. The summed E-state index contributed by atoms with van der Waals surface area (Å²) < 4.78 is 5.32. The number of carbonyl (C=O) groups is 1. The van der Waals surface area contributed by atoms with Gasteiger partial charge in [0, 0.05) is 20.1 Å². The number of nitrogens with zero attached hydrogens (tertiary/aromatic N) is 2. The Morgan fingerprint density at radius 2 is 2.21 bits per heavy atom. The van der Waals surface area contributed by atoms with Gasteiger partial charge in [0.25, 0.3) is 0 Å². The Hall–Kier alpha value is -1.66. The normalized spacial score (nSPS) is 22.3. The Bertz CT molecular complexity index is 433. The Kier molecular flexibility index (Phi) is 4.34. The van der Waals surface area contributed by atoms with Crippen molar-refractivity contribution in [1.29, 1.82) is 0 Å². The van der Waals surface area contributed by atoms with E-state index < -0.39 is 0 Å². The van der Waals surface area contributed by atoms with E-state index in [4.69, 9.17) is 4.74 Å². The van der Waals surface area contributed by atoms with Crippen LogP contribution in [0.1, 0.15) is 0 Å². The van der Waals surface area contributed by atoms with Gasteiger partial charge in [-0.2, -0.15) is 0 Å². The highest BCUT2D eigenvalue weighted by molar-refractivity contribution is 5.93. The first-order valence-corrected chi connectivity index (χ1v) is 6.31. The molecule has 104 valence electrons. The van der Waals surface area contributed by atoms with E-state index in [9.17, 15) is 4.79 Å². The number of carbonyl (C=O) groups excluding carboxylic acids is 1. The Balaban J connectivity index is 1.98. The Labute approximate surface area is 113 Å². The predicted octanol–water partition coefficient (Wildman–Crippen LogP) is 0.321. The maximum atomic E-state index is 12.1. The van der Waals surface area contributed by atoms with Crippen LogP contribution in [0.25, 0.3) is 0 Å². The highest BCUT2D eigenvalue weighted by atomic mass is 16.5. The van der Waals surface area contributed by atoms with Crippen molar-refractivity contribution in [2.45, 2.75) is 6.04 Å². The van der Waals surface area contributed by atoms with Gasteiger partial charge in [0.1, 0.15) is 5.82 Å². The lowest BCUT2D eigenvalue weighted by molar-refractivity contribution is -0.120. The zero-order chi connectivity index (χ0) is 13.8. The van der Waals surface area contributed by atoms with Crippen LogP contribution in [0.2, 0.25) is 0 Å². The molecule has 1 aromatic heterocycles. The molecule has 0 bridgehead atoms. The second-order valence-electron chi connectivity index (χ2n) is 4.83. The van der Waals surface area contributed by atoms with Crippen molar-refractivity contribution >= 4 is 17.4 Å².